The van der Waals surface area contributed by atoms with E-state index < -0.39 is 0 Å². The quantitative estimate of drug-likeness (QED) is 0.458. The Bertz CT molecular complexity index is 143. The van der Waals surface area contributed by atoms with E-state index in [2.05, 4.69) is 0 Å². The van der Waals surface area contributed by atoms with Crippen molar-refractivity contribution >= 4 is 23.2 Å². The van der Waals surface area contributed by atoms with Gasteiger partial charge in [-0.1, -0.05) is 13.3 Å². The SMILES string of the molecule is CCCCC(=O)CC(=O)CCl. The van der Waals surface area contributed by atoms with Gasteiger partial charge in [0.1, 0.15) is 5.78 Å². The average molecular weight is 177 g/mol. The second-order valence-corrected chi connectivity index (χ2v) is 2.76. The number of hydrogen-bond acceptors (Lipinski definition) is 2. The highest BCUT2D eigenvalue weighted by molar-refractivity contribution is 6.29. The first kappa shape index (κ1) is 10.6. The number of alkyl halides is 1. The van der Waals surface area contributed by atoms with Crippen molar-refractivity contribution in [1.82, 2.24) is 0 Å². The fraction of sp³-hybridized carbons (Fsp3) is 0.750. The molecule has 0 aromatic heterocycles. The maximum atomic E-state index is 10.9. The van der Waals surface area contributed by atoms with E-state index in [-0.39, 0.29) is 23.9 Å². The van der Waals surface area contributed by atoms with E-state index in [0.717, 1.165) is 12.8 Å². The molecule has 2 nitrogen and oxygen atoms in total. The van der Waals surface area contributed by atoms with Crippen LogP contribution in [0.1, 0.15) is 32.6 Å². The third-order valence-corrected chi connectivity index (χ3v) is 1.65. The number of halogens is 1. The van der Waals surface area contributed by atoms with Crippen molar-refractivity contribution in [2.45, 2.75) is 32.6 Å². The molecule has 0 aromatic carbocycles. The number of unbranched alkanes of at least 4 members (excludes halogenated alkanes) is 1. The van der Waals surface area contributed by atoms with E-state index in [4.69, 9.17) is 11.6 Å². The van der Waals surface area contributed by atoms with Crippen LogP contribution in [0.2, 0.25) is 0 Å². The molecule has 0 saturated carbocycles. The molecule has 0 radical (unpaired) electrons. The molecule has 0 fully saturated rings. The molecule has 64 valence electrons. The van der Waals surface area contributed by atoms with E-state index in [1.807, 2.05) is 6.92 Å². The first-order chi connectivity index (χ1) is 5.20. The van der Waals surface area contributed by atoms with Gasteiger partial charge in [-0.2, -0.15) is 0 Å². The lowest BCUT2D eigenvalue weighted by Gasteiger charge is -1.95. The van der Waals surface area contributed by atoms with Crippen LogP contribution in [-0.2, 0) is 9.59 Å². The van der Waals surface area contributed by atoms with Gasteiger partial charge in [0, 0.05) is 6.42 Å². The van der Waals surface area contributed by atoms with Crippen LogP contribution < -0.4 is 0 Å². The largest absolute Gasteiger partial charge is 0.299 e. The van der Waals surface area contributed by atoms with Gasteiger partial charge in [0.05, 0.1) is 12.3 Å². The summed E-state index contributed by atoms with van der Waals surface area (Å²) < 4.78 is 0. The van der Waals surface area contributed by atoms with Crippen molar-refractivity contribution in [2.75, 3.05) is 5.88 Å². The van der Waals surface area contributed by atoms with Gasteiger partial charge in [0.25, 0.3) is 0 Å². The number of rotatable bonds is 6. The molecule has 3 heteroatoms. The smallest absolute Gasteiger partial charge is 0.154 e. The number of ketones is 2. The van der Waals surface area contributed by atoms with Crippen molar-refractivity contribution in [3.8, 4) is 0 Å². The van der Waals surface area contributed by atoms with Crippen LogP contribution in [0.3, 0.4) is 0 Å². The highest BCUT2D eigenvalue weighted by Gasteiger charge is 2.06. The van der Waals surface area contributed by atoms with Crippen LogP contribution in [0.25, 0.3) is 0 Å². The first-order valence-corrected chi connectivity index (χ1v) is 4.33. The lowest BCUT2D eigenvalue weighted by atomic mass is 10.1. The van der Waals surface area contributed by atoms with Crippen molar-refractivity contribution < 1.29 is 9.59 Å². The maximum Gasteiger partial charge on any atom is 0.154 e. The topological polar surface area (TPSA) is 34.1 Å². The van der Waals surface area contributed by atoms with Gasteiger partial charge < -0.3 is 0 Å². The highest BCUT2D eigenvalue weighted by Crippen LogP contribution is 1.99. The van der Waals surface area contributed by atoms with Gasteiger partial charge in [-0.15, -0.1) is 11.6 Å². The third-order valence-electron chi connectivity index (χ3n) is 1.35. The Labute approximate surface area is 71.9 Å². The van der Waals surface area contributed by atoms with E-state index in [9.17, 15) is 9.59 Å². The predicted octanol–water partition coefficient (Wildman–Crippen LogP) is 1.94. The second-order valence-electron chi connectivity index (χ2n) is 2.49. The Morgan fingerprint density at radius 1 is 1.27 bits per heavy atom. The second kappa shape index (κ2) is 6.35. The molecular weight excluding hydrogens is 164 g/mol. The summed E-state index contributed by atoms with van der Waals surface area (Å²) in [5.41, 5.74) is 0. The minimum atomic E-state index is -0.173. The Balaban J connectivity index is 3.44. The van der Waals surface area contributed by atoms with Crippen LogP contribution in [0.15, 0.2) is 0 Å². The molecule has 0 atom stereocenters. The van der Waals surface area contributed by atoms with Crippen molar-refractivity contribution in [3.63, 3.8) is 0 Å². The van der Waals surface area contributed by atoms with Crippen LogP contribution in [0.5, 0.6) is 0 Å². The standard InChI is InChI=1S/C8H13ClO2/c1-2-3-4-7(10)5-8(11)6-9/h2-6H2,1H3. The Kier molecular flexibility index (Phi) is 6.13. The van der Waals surface area contributed by atoms with Crippen LogP contribution in [0.4, 0.5) is 0 Å². The zero-order valence-electron chi connectivity index (χ0n) is 6.73. The molecule has 0 rings (SSSR count). The summed E-state index contributed by atoms with van der Waals surface area (Å²) in [6, 6.07) is 0. The highest BCUT2D eigenvalue weighted by atomic mass is 35.5. The molecule has 0 unspecified atom stereocenters. The Morgan fingerprint density at radius 3 is 2.36 bits per heavy atom. The van der Waals surface area contributed by atoms with Crippen molar-refractivity contribution in [1.29, 1.82) is 0 Å². The summed E-state index contributed by atoms with van der Waals surface area (Å²) in [5, 5.41) is 0. The maximum absolute atomic E-state index is 10.9. The summed E-state index contributed by atoms with van der Waals surface area (Å²) in [4.78, 5) is 21.5. The lowest BCUT2D eigenvalue weighted by Crippen LogP contribution is -2.08. The molecule has 0 amide bonds. The fourth-order valence-electron chi connectivity index (χ4n) is 0.729. The molecule has 0 aliphatic rings. The van der Waals surface area contributed by atoms with Gasteiger partial charge >= 0.3 is 0 Å². The summed E-state index contributed by atoms with van der Waals surface area (Å²) in [7, 11) is 0. The first-order valence-electron chi connectivity index (χ1n) is 3.80. The molecule has 0 heterocycles. The van der Waals surface area contributed by atoms with Crippen molar-refractivity contribution in [3.05, 3.63) is 0 Å². The number of carbonyl (C=O) groups is 2. The molecular formula is C8H13ClO2. The molecule has 0 aliphatic heterocycles. The minimum Gasteiger partial charge on any atom is -0.299 e. The molecule has 0 saturated heterocycles. The minimum absolute atomic E-state index is 0.0116. The third kappa shape index (κ3) is 6.05. The molecule has 0 aliphatic carbocycles. The molecule has 0 spiro atoms. The molecule has 0 aromatic rings. The summed E-state index contributed by atoms with van der Waals surface area (Å²) in [5.74, 6) is -0.206. The summed E-state index contributed by atoms with van der Waals surface area (Å²) in [6.07, 6.45) is 2.39. The number of hydrogen-bond donors (Lipinski definition) is 0. The lowest BCUT2D eigenvalue weighted by molar-refractivity contribution is -0.125. The van der Waals surface area contributed by atoms with E-state index in [1.165, 1.54) is 0 Å². The normalized spacial score (nSPS) is 9.64. The molecule has 0 bridgehead atoms. The Hall–Kier alpha value is -0.370. The average Bonchev–Trinajstić information content (AvgIpc) is 2.00. The van der Waals surface area contributed by atoms with Gasteiger partial charge in [-0.05, 0) is 6.42 Å². The molecule has 11 heavy (non-hydrogen) atoms. The van der Waals surface area contributed by atoms with Crippen LogP contribution in [0, 0.1) is 0 Å². The van der Waals surface area contributed by atoms with E-state index in [1.54, 1.807) is 0 Å². The predicted molar refractivity (Wildman–Crippen MR) is 44.9 cm³/mol. The zero-order valence-corrected chi connectivity index (χ0v) is 7.49. The van der Waals surface area contributed by atoms with Gasteiger partial charge in [-0.3, -0.25) is 9.59 Å². The van der Waals surface area contributed by atoms with Gasteiger partial charge in [0.2, 0.25) is 0 Å². The molecule has 0 N–H and O–H groups in total. The van der Waals surface area contributed by atoms with Gasteiger partial charge in [0.15, 0.2) is 5.78 Å². The fourth-order valence-corrected chi connectivity index (χ4v) is 0.824. The monoisotopic (exact) mass is 176 g/mol. The Morgan fingerprint density at radius 2 is 1.91 bits per heavy atom. The summed E-state index contributed by atoms with van der Waals surface area (Å²) in [6.45, 7) is 2.01. The van der Waals surface area contributed by atoms with Crippen LogP contribution in [-0.4, -0.2) is 17.4 Å². The van der Waals surface area contributed by atoms with Crippen molar-refractivity contribution in [2.24, 2.45) is 0 Å². The van der Waals surface area contributed by atoms with E-state index >= 15 is 0 Å². The number of Topliss-reactive ketones (excluding diaryl/α,β-unsaturated/α-hetero) is 2. The summed E-state index contributed by atoms with van der Waals surface area (Å²) >= 11 is 5.23. The van der Waals surface area contributed by atoms with Crippen LogP contribution >= 0.6 is 11.6 Å². The zero-order chi connectivity index (χ0) is 8.69. The number of carbonyl (C=O) groups excluding carboxylic acids is 2. The van der Waals surface area contributed by atoms with E-state index in [0.29, 0.717) is 6.42 Å². The van der Waals surface area contributed by atoms with Gasteiger partial charge in [-0.25, -0.2) is 0 Å².